The lowest BCUT2D eigenvalue weighted by molar-refractivity contribution is -0.384. The number of nitro groups is 1. The maximum atomic E-state index is 11.3. The number of benzene rings is 1. The molecule has 22 heavy (non-hydrogen) atoms. The fourth-order valence-electron chi connectivity index (χ4n) is 2.70. The molecule has 1 saturated heterocycles. The molecule has 2 unspecified atom stereocenters. The Kier molecular flexibility index (Phi) is 4.46. The first-order chi connectivity index (χ1) is 10.5. The van der Waals surface area contributed by atoms with Gasteiger partial charge in [0, 0.05) is 23.6 Å². The second-order valence-electron chi connectivity index (χ2n) is 5.29. The highest BCUT2D eigenvalue weighted by atomic mass is 79.9. The van der Waals surface area contributed by atoms with Gasteiger partial charge in [0.2, 0.25) is 0 Å². The van der Waals surface area contributed by atoms with Gasteiger partial charge in [-0.05, 0) is 41.4 Å². The van der Waals surface area contributed by atoms with Crippen molar-refractivity contribution in [3.05, 3.63) is 55.2 Å². The molecule has 116 valence electrons. The Morgan fingerprint density at radius 3 is 2.91 bits per heavy atom. The van der Waals surface area contributed by atoms with Crippen LogP contribution in [0.3, 0.4) is 0 Å². The Morgan fingerprint density at radius 1 is 1.41 bits per heavy atom. The number of halogens is 1. The van der Waals surface area contributed by atoms with Crippen molar-refractivity contribution in [1.29, 1.82) is 0 Å². The van der Waals surface area contributed by atoms with E-state index >= 15 is 0 Å². The average molecular weight is 383 g/mol. The van der Waals surface area contributed by atoms with Crippen molar-refractivity contribution < 1.29 is 9.66 Å². The number of hydrogen-bond donors (Lipinski definition) is 0. The molecular formula is C15H15BrN2O3S. The highest BCUT2D eigenvalue weighted by Gasteiger charge is 2.30. The van der Waals surface area contributed by atoms with Gasteiger partial charge in [-0.3, -0.25) is 10.1 Å². The van der Waals surface area contributed by atoms with E-state index in [0.717, 1.165) is 5.56 Å². The van der Waals surface area contributed by atoms with E-state index in [2.05, 4.69) is 21.3 Å². The zero-order chi connectivity index (χ0) is 15.7. The van der Waals surface area contributed by atoms with Crippen molar-refractivity contribution in [3.63, 3.8) is 0 Å². The maximum Gasteiger partial charge on any atom is 0.293 e. The highest BCUT2D eigenvalue weighted by molar-refractivity contribution is 9.10. The fourth-order valence-corrected chi connectivity index (χ4v) is 3.75. The predicted octanol–water partition coefficient (Wildman–Crippen LogP) is 4.39. The van der Waals surface area contributed by atoms with E-state index in [1.165, 1.54) is 0 Å². The van der Waals surface area contributed by atoms with Crippen molar-refractivity contribution in [2.24, 2.45) is 0 Å². The standard InChI is InChI=1S/C15H15BrN2O3S/c1-10-7-17(8-15(21-10)11-4-5-22-9-11)13-3-2-12(16)6-14(13)18(19)20/h2-6,9-10,15H,7-8H2,1H3. The van der Waals surface area contributed by atoms with E-state index < -0.39 is 0 Å². The molecule has 2 atom stereocenters. The minimum Gasteiger partial charge on any atom is -0.367 e. The number of morpholine rings is 1. The van der Waals surface area contributed by atoms with Crippen molar-refractivity contribution in [2.75, 3.05) is 18.0 Å². The van der Waals surface area contributed by atoms with E-state index in [4.69, 9.17) is 4.74 Å². The first-order valence-corrected chi connectivity index (χ1v) is 8.64. The van der Waals surface area contributed by atoms with Gasteiger partial charge in [0.25, 0.3) is 5.69 Å². The van der Waals surface area contributed by atoms with Crippen LogP contribution in [0.5, 0.6) is 0 Å². The lowest BCUT2D eigenvalue weighted by Gasteiger charge is -2.37. The quantitative estimate of drug-likeness (QED) is 0.583. The van der Waals surface area contributed by atoms with Crippen molar-refractivity contribution in [1.82, 2.24) is 0 Å². The number of rotatable bonds is 3. The third kappa shape index (κ3) is 3.16. The number of ether oxygens (including phenoxy) is 1. The van der Waals surface area contributed by atoms with Crippen molar-refractivity contribution in [2.45, 2.75) is 19.1 Å². The number of anilines is 1. The highest BCUT2D eigenvalue weighted by Crippen LogP contribution is 2.35. The van der Waals surface area contributed by atoms with Gasteiger partial charge in [-0.25, -0.2) is 0 Å². The fraction of sp³-hybridized carbons (Fsp3) is 0.333. The minimum absolute atomic E-state index is 0.0156. The molecule has 7 heteroatoms. The molecule has 0 saturated carbocycles. The van der Waals surface area contributed by atoms with Gasteiger partial charge in [-0.1, -0.05) is 15.9 Å². The lowest BCUT2D eigenvalue weighted by Crippen LogP contribution is -2.43. The molecule has 0 N–H and O–H groups in total. The Labute approximate surface area is 140 Å². The molecule has 2 heterocycles. The molecule has 0 amide bonds. The molecule has 1 aromatic carbocycles. The summed E-state index contributed by atoms with van der Waals surface area (Å²) in [6.07, 6.45) is -0.0415. The van der Waals surface area contributed by atoms with Crippen LogP contribution in [0.4, 0.5) is 11.4 Å². The third-order valence-electron chi connectivity index (χ3n) is 3.65. The van der Waals surface area contributed by atoms with Gasteiger partial charge >= 0.3 is 0 Å². The summed E-state index contributed by atoms with van der Waals surface area (Å²) >= 11 is 4.93. The number of hydrogen-bond acceptors (Lipinski definition) is 5. The summed E-state index contributed by atoms with van der Waals surface area (Å²) in [5.74, 6) is 0. The topological polar surface area (TPSA) is 55.6 Å². The average Bonchev–Trinajstić information content (AvgIpc) is 3.00. The SMILES string of the molecule is CC1CN(c2ccc(Br)cc2[N+](=O)[O-])CC(c2ccsc2)O1. The Bertz CT molecular complexity index is 677. The summed E-state index contributed by atoms with van der Waals surface area (Å²) in [5, 5.41) is 15.4. The Morgan fingerprint density at radius 2 is 2.23 bits per heavy atom. The zero-order valence-electron chi connectivity index (χ0n) is 11.9. The molecule has 3 rings (SSSR count). The van der Waals surface area contributed by atoms with Crippen molar-refractivity contribution in [3.8, 4) is 0 Å². The van der Waals surface area contributed by atoms with Crippen LogP contribution in [0.2, 0.25) is 0 Å². The molecule has 0 spiro atoms. The van der Waals surface area contributed by atoms with Crippen LogP contribution in [0.1, 0.15) is 18.6 Å². The summed E-state index contributed by atoms with van der Waals surface area (Å²) < 4.78 is 6.70. The third-order valence-corrected chi connectivity index (χ3v) is 4.84. The summed E-state index contributed by atoms with van der Waals surface area (Å²) in [7, 11) is 0. The van der Waals surface area contributed by atoms with E-state index in [1.54, 1.807) is 23.5 Å². The number of nitro benzene ring substituents is 1. The van der Waals surface area contributed by atoms with Crippen LogP contribution in [0, 0.1) is 10.1 Å². The minimum atomic E-state index is -0.334. The van der Waals surface area contributed by atoms with Gasteiger partial charge in [0.05, 0.1) is 11.0 Å². The summed E-state index contributed by atoms with van der Waals surface area (Å²) in [6.45, 7) is 3.25. The van der Waals surface area contributed by atoms with Gasteiger partial charge in [0.1, 0.15) is 11.8 Å². The van der Waals surface area contributed by atoms with Crippen LogP contribution in [0.25, 0.3) is 0 Å². The predicted molar refractivity (Wildman–Crippen MR) is 90.6 cm³/mol. The Balaban J connectivity index is 1.92. The molecule has 2 aromatic rings. The molecule has 0 aliphatic carbocycles. The van der Waals surface area contributed by atoms with Gasteiger partial charge < -0.3 is 9.64 Å². The summed E-state index contributed by atoms with van der Waals surface area (Å²) in [6, 6.07) is 7.23. The Hall–Kier alpha value is -1.44. The normalized spacial score (nSPS) is 21.8. The molecule has 5 nitrogen and oxygen atoms in total. The number of thiophene rings is 1. The maximum absolute atomic E-state index is 11.3. The van der Waals surface area contributed by atoms with Gasteiger partial charge in [0.15, 0.2) is 0 Å². The largest absolute Gasteiger partial charge is 0.367 e. The van der Waals surface area contributed by atoms with E-state index in [-0.39, 0.29) is 22.8 Å². The summed E-state index contributed by atoms with van der Waals surface area (Å²) in [4.78, 5) is 13.0. The van der Waals surface area contributed by atoms with Gasteiger partial charge in [-0.15, -0.1) is 0 Å². The van der Waals surface area contributed by atoms with Crippen LogP contribution < -0.4 is 4.90 Å². The molecule has 1 aromatic heterocycles. The number of nitrogens with zero attached hydrogens (tertiary/aromatic N) is 2. The first kappa shape index (κ1) is 15.5. The zero-order valence-corrected chi connectivity index (χ0v) is 14.3. The van der Waals surface area contributed by atoms with E-state index in [1.807, 2.05) is 29.3 Å². The van der Waals surface area contributed by atoms with Gasteiger partial charge in [-0.2, -0.15) is 11.3 Å². The molecule has 1 aliphatic rings. The van der Waals surface area contributed by atoms with Crippen LogP contribution >= 0.6 is 27.3 Å². The van der Waals surface area contributed by atoms with Crippen LogP contribution in [-0.4, -0.2) is 24.1 Å². The van der Waals surface area contributed by atoms with Crippen molar-refractivity contribution >= 4 is 38.6 Å². The monoisotopic (exact) mass is 382 g/mol. The second-order valence-corrected chi connectivity index (χ2v) is 6.98. The molecule has 0 bridgehead atoms. The van der Waals surface area contributed by atoms with Crippen LogP contribution in [0.15, 0.2) is 39.5 Å². The molecule has 1 fully saturated rings. The molecular weight excluding hydrogens is 368 g/mol. The van der Waals surface area contributed by atoms with E-state index in [0.29, 0.717) is 23.2 Å². The lowest BCUT2D eigenvalue weighted by atomic mass is 10.1. The summed E-state index contributed by atoms with van der Waals surface area (Å²) in [5.41, 5.74) is 1.89. The van der Waals surface area contributed by atoms with Crippen LogP contribution in [-0.2, 0) is 4.74 Å². The smallest absolute Gasteiger partial charge is 0.293 e. The molecule has 0 radical (unpaired) electrons. The second kappa shape index (κ2) is 6.36. The first-order valence-electron chi connectivity index (χ1n) is 6.91. The van der Waals surface area contributed by atoms with E-state index in [9.17, 15) is 10.1 Å². The molecule has 1 aliphatic heterocycles.